The largest absolute Gasteiger partial charge is 0.496 e. The fourth-order valence-corrected chi connectivity index (χ4v) is 4.20. The van der Waals surface area contributed by atoms with Gasteiger partial charge in [0.05, 0.1) is 13.2 Å². The van der Waals surface area contributed by atoms with Crippen molar-refractivity contribution in [2.24, 2.45) is 5.92 Å². The smallest absolute Gasteiger partial charge is 0.254 e. The lowest BCUT2D eigenvalue weighted by molar-refractivity contribution is 0.0631. The number of anilines is 1. The van der Waals surface area contributed by atoms with E-state index in [1.807, 2.05) is 41.3 Å². The van der Waals surface area contributed by atoms with Gasteiger partial charge in [0.1, 0.15) is 11.6 Å². The molecule has 1 N–H and O–H groups in total. The highest BCUT2D eigenvalue weighted by Gasteiger charge is 2.31. The first kappa shape index (κ1) is 24.3. The molecule has 0 radical (unpaired) electrons. The van der Waals surface area contributed by atoms with Gasteiger partial charge in [0.15, 0.2) is 0 Å². The first-order valence-electron chi connectivity index (χ1n) is 10.0. The third kappa shape index (κ3) is 4.99. The number of benzene rings is 1. The van der Waals surface area contributed by atoms with Crippen LogP contribution < -0.4 is 15.0 Å². The highest BCUT2D eigenvalue weighted by molar-refractivity contribution is 5.95. The quantitative estimate of drug-likeness (QED) is 0.767. The number of carbonyl (C=O) groups excluding carboxylic acids is 1. The monoisotopic (exact) mass is 452 g/mol. The number of methoxy groups -OCH3 is 1. The molecule has 0 spiro atoms. The lowest BCUT2D eigenvalue weighted by Gasteiger charge is -2.37. The van der Waals surface area contributed by atoms with Gasteiger partial charge in [0.2, 0.25) is 0 Å². The Morgan fingerprint density at radius 1 is 1.20 bits per heavy atom. The zero-order valence-electron chi connectivity index (χ0n) is 17.4. The van der Waals surface area contributed by atoms with Crippen LogP contribution in [0.1, 0.15) is 35.3 Å². The van der Waals surface area contributed by atoms with Crippen LogP contribution in [-0.4, -0.2) is 55.6 Å². The minimum Gasteiger partial charge on any atom is -0.496 e. The maximum Gasteiger partial charge on any atom is 0.254 e. The number of hydrogen-bond donors (Lipinski definition) is 1. The summed E-state index contributed by atoms with van der Waals surface area (Å²) in [7, 11) is 1.67. The Morgan fingerprint density at radius 3 is 2.73 bits per heavy atom. The number of aromatic nitrogens is 1. The first-order chi connectivity index (χ1) is 13.7. The second kappa shape index (κ2) is 10.8. The van der Waals surface area contributed by atoms with Crippen molar-refractivity contribution in [3.8, 4) is 5.75 Å². The number of pyridine rings is 1. The molecule has 3 heterocycles. The zero-order valence-corrected chi connectivity index (χ0v) is 19.0. The highest BCUT2D eigenvalue weighted by atomic mass is 35.5. The van der Waals surface area contributed by atoms with Crippen LogP contribution in [0.3, 0.4) is 0 Å². The van der Waals surface area contributed by atoms with Crippen molar-refractivity contribution in [2.45, 2.75) is 19.4 Å². The summed E-state index contributed by atoms with van der Waals surface area (Å²) in [6, 6.07) is 11.7. The van der Waals surface area contributed by atoms with Crippen molar-refractivity contribution in [2.75, 3.05) is 44.7 Å². The maximum atomic E-state index is 13.4. The first-order valence-corrected chi connectivity index (χ1v) is 10.0. The molecular formula is C22H30Cl2N4O2. The molecule has 164 valence electrons. The molecule has 2 aliphatic heterocycles. The van der Waals surface area contributed by atoms with Crippen LogP contribution in [0.5, 0.6) is 5.75 Å². The average Bonchev–Trinajstić information content (AvgIpc) is 3.19. The Hall–Kier alpha value is -2.02. The summed E-state index contributed by atoms with van der Waals surface area (Å²) in [5.41, 5.74) is 1.74. The Balaban J connectivity index is 0.00000160. The number of halogens is 2. The fraction of sp³-hybridized carbons (Fsp3) is 0.455. The minimum absolute atomic E-state index is 0. The van der Waals surface area contributed by atoms with E-state index in [0.717, 1.165) is 36.8 Å². The molecule has 2 fully saturated rings. The molecule has 2 atom stereocenters. The SMILES string of the molecule is COc1ccccc1C1CNCCN1C(=O)c1ccnc(N2CCC(C)C2)c1.Cl.Cl. The van der Waals surface area contributed by atoms with Crippen LogP contribution in [0.2, 0.25) is 0 Å². The van der Waals surface area contributed by atoms with E-state index in [9.17, 15) is 4.79 Å². The number of nitrogens with zero attached hydrogens (tertiary/aromatic N) is 3. The van der Waals surface area contributed by atoms with Gasteiger partial charge in [-0.3, -0.25) is 4.79 Å². The van der Waals surface area contributed by atoms with Crippen molar-refractivity contribution in [3.05, 3.63) is 53.7 Å². The topological polar surface area (TPSA) is 57.7 Å². The van der Waals surface area contributed by atoms with E-state index < -0.39 is 0 Å². The number of amides is 1. The number of ether oxygens (including phenoxy) is 1. The molecule has 2 aliphatic rings. The molecule has 0 saturated carbocycles. The molecule has 2 unspecified atom stereocenters. The van der Waals surface area contributed by atoms with Crippen LogP contribution in [0.25, 0.3) is 0 Å². The van der Waals surface area contributed by atoms with Crippen molar-refractivity contribution in [3.63, 3.8) is 0 Å². The molecule has 8 heteroatoms. The number of rotatable bonds is 4. The second-order valence-electron chi connectivity index (χ2n) is 7.70. The average molecular weight is 453 g/mol. The summed E-state index contributed by atoms with van der Waals surface area (Å²) in [5, 5.41) is 3.41. The van der Waals surface area contributed by atoms with E-state index in [1.54, 1.807) is 13.3 Å². The third-order valence-electron chi connectivity index (χ3n) is 5.74. The van der Waals surface area contributed by atoms with Gasteiger partial charge in [0, 0.05) is 50.0 Å². The number of para-hydroxylation sites is 1. The molecule has 0 aliphatic carbocycles. The molecule has 6 nitrogen and oxygen atoms in total. The molecule has 1 aromatic carbocycles. The van der Waals surface area contributed by atoms with Crippen LogP contribution in [0, 0.1) is 5.92 Å². The Labute approximate surface area is 190 Å². The van der Waals surface area contributed by atoms with E-state index in [1.165, 1.54) is 6.42 Å². The fourth-order valence-electron chi connectivity index (χ4n) is 4.20. The second-order valence-corrected chi connectivity index (χ2v) is 7.70. The van der Waals surface area contributed by atoms with E-state index in [0.29, 0.717) is 24.6 Å². The lowest BCUT2D eigenvalue weighted by atomic mass is 10.0. The summed E-state index contributed by atoms with van der Waals surface area (Å²) in [4.78, 5) is 22.2. The van der Waals surface area contributed by atoms with Crippen LogP contribution in [-0.2, 0) is 0 Å². The zero-order chi connectivity index (χ0) is 19.5. The molecule has 4 rings (SSSR count). The number of piperazine rings is 1. The van der Waals surface area contributed by atoms with Crippen molar-refractivity contribution >= 4 is 36.5 Å². The van der Waals surface area contributed by atoms with Gasteiger partial charge in [-0.2, -0.15) is 0 Å². The van der Waals surface area contributed by atoms with Gasteiger partial charge in [-0.15, -0.1) is 24.8 Å². The normalized spacial score (nSPS) is 20.9. The van der Waals surface area contributed by atoms with E-state index in [2.05, 4.69) is 22.1 Å². The predicted molar refractivity (Wildman–Crippen MR) is 124 cm³/mol. The van der Waals surface area contributed by atoms with Gasteiger partial charge < -0.3 is 19.9 Å². The van der Waals surface area contributed by atoms with Crippen molar-refractivity contribution in [1.29, 1.82) is 0 Å². The van der Waals surface area contributed by atoms with Crippen LogP contribution in [0.4, 0.5) is 5.82 Å². The summed E-state index contributed by atoms with van der Waals surface area (Å²) in [6.07, 6.45) is 2.93. The summed E-state index contributed by atoms with van der Waals surface area (Å²) in [6.45, 7) is 6.44. The Kier molecular flexibility index (Phi) is 8.77. The van der Waals surface area contributed by atoms with Crippen molar-refractivity contribution < 1.29 is 9.53 Å². The molecule has 30 heavy (non-hydrogen) atoms. The van der Waals surface area contributed by atoms with Gasteiger partial charge in [-0.1, -0.05) is 25.1 Å². The van der Waals surface area contributed by atoms with E-state index >= 15 is 0 Å². The number of nitrogens with one attached hydrogen (secondary N) is 1. The summed E-state index contributed by atoms with van der Waals surface area (Å²) >= 11 is 0. The van der Waals surface area contributed by atoms with E-state index in [-0.39, 0.29) is 36.8 Å². The van der Waals surface area contributed by atoms with Crippen LogP contribution >= 0.6 is 24.8 Å². The molecule has 1 amide bonds. The maximum absolute atomic E-state index is 13.4. The van der Waals surface area contributed by atoms with Crippen LogP contribution in [0.15, 0.2) is 42.6 Å². The minimum atomic E-state index is -0.0548. The summed E-state index contributed by atoms with van der Waals surface area (Å²) < 4.78 is 5.55. The Bertz CT molecular complexity index is 851. The van der Waals surface area contributed by atoms with E-state index in [4.69, 9.17) is 4.74 Å². The lowest BCUT2D eigenvalue weighted by Crippen LogP contribution is -2.48. The standard InChI is InChI=1S/C22H28N4O2.2ClH/c1-16-8-11-25(15-16)21-13-17(7-9-24-21)22(27)26-12-10-23-14-19(26)18-5-3-4-6-20(18)28-2;;/h3-7,9,13,16,19,23H,8,10-12,14-15H2,1-2H3;2*1H. The van der Waals surface area contributed by atoms with Crippen molar-refractivity contribution in [1.82, 2.24) is 15.2 Å². The van der Waals surface area contributed by atoms with Gasteiger partial charge >= 0.3 is 0 Å². The number of carbonyl (C=O) groups is 1. The molecule has 0 bridgehead atoms. The van der Waals surface area contributed by atoms with Gasteiger partial charge in [-0.25, -0.2) is 4.98 Å². The molecular weight excluding hydrogens is 423 g/mol. The molecule has 2 saturated heterocycles. The predicted octanol–water partition coefficient (Wildman–Crippen LogP) is 3.57. The highest BCUT2D eigenvalue weighted by Crippen LogP contribution is 2.31. The van der Waals surface area contributed by atoms with Gasteiger partial charge in [-0.05, 0) is 30.5 Å². The Morgan fingerprint density at radius 2 is 2.00 bits per heavy atom. The molecule has 1 aromatic heterocycles. The third-order valence-corrected chi connectivity index (χ3v) is 5.74. The van der Waals surface area contributed by atoms with Gasteiger partial charge in [0.25, 0.3) is 5.91 Å². The summed E-state index contributed by atoms with van der Waals surface area (Å²) in [5.74, 6) is 2.44. The number of hydrogen-bond acceptors (Lipinski definition) is 5. The molecule has 2 aromatic rings.